The third kappa shape index (κ3) is 4.35. The molecule has 0 spiro atoms. The van der Waals surface area contributed by atoms with Gasteiger partial charge in [0.1, 0.15) is 16.9 Å². The standard InChI is InChI=1S/C22H21ClN6O2/c1-31-12-4-11-25-22(30)18-19-21(28-17-6-3-2-5-16(17)27-19)29(20(18)24)26-13-14-7-9-15(23)10-8-14/h2-3,5-10,13H,4,11-12,24H2,1H3,(H,25,30)/b26-13+. The smallest absolute Gasteiger partial charge is 0.257 e. The Morgan fingerprint density at radius 2 is 1.90 bits per heavy atom. The SMILES string of the molecule is COCCCNC(=O)c1c(N)n(/N=C/c2ccc(Cl)cc2)c2nc3ccccc3nc12. The molecule has 9 heteroatoms. The number of hydrogen-bond donors (Lipinski definition) is 2. The summed E-state index contributed by atoms with van der Waals surface area (Å²) in [6, 6.07) is 14.6. The molecule has 0 aliphatic carbocycles. The Morgan fingerprint density at radius 3 is 2.61 bits per heavy atom. The lowest BCUT2D eigenvalue weighted by molar-refractivity contribution is 0.0951. The molecule has 0 saturated heterocycles. The highest BCUT2D eigenvalue weighted by atomic mass is 35.5. The maximum absolute atomic E-state index is 12.9. The fraction of sp³-hybridized carbons (Fsp3) is 0.182. The molecule has 8 nitrogen and oxygen atoms in total. The van der Waals surface area contributed by atoms with Crippen molar-refractivity contribution in [2.75, 3.05) is 26.0 Å². The zero-order valence-corrected chi connectivity index (χ0v) is 17.6. The van der Waals surface area contributed by atoms with Gasteiger partial charge < -0.3 is 15.8 Å². The summed E-state index contributed by atoms with van der Waals surface area (Å²) in [5.74, 6) is -0.164. The summed E-state index contributed by atoms with van der Waals surface area (Å²) < 4.78 is 6.47. The van der Waals surface area contributed by atoms with Gasteiger partial charge in [-0.15, -0.1) is 0 Å². The number of hydrogen-bond acceptors (Lipinski definition) is 6. The molecule has 0 aliphatic rings. The van der Waals surface area contributed by atoms with Crippen molar-refractivity contribution in [3.05, 3.63) is 64.7 Å². The third-order valence-electron chi connectivity index (χ3n) is 4.70. The molecule has 0 saturated carbocycles. The highest BCUT2D eigenvalue weighted by Gasteiger charge is 2.23. The molecule has 3 N–H and O–H groups in total. The molecule has 1 amide bonds. The number of nitrogens with two attached hydrogens (primary N) is 1. The number of aromatic nitrogens is 3. The van der Waals surface area contributed by atoms with Gasteiger partial charge in [-0.05, 0) is 36.2 Å². The summed E-state index contributed by atoms with van der Waals surface area (Å²) in [6.07, 6.45) is 2.31. The molecular weight excluding hydrogens is 416 g/mol. The van der Waals surface area contributed by atoms with E-state index in [0.29, 0.717) is 46.8 Å². The minimum atomic E-state index is -0.330. The zero-order chi connectivity index (χ0) is 21.8. The number of nitrogens with zero attached hydrogens (tertiary/aromatic N) is 4. The summed E-state index contributed by atoms with van der Waals surface area (Å²) in [7, 11) is 1.62. The van der Waals surface area contributed by atoms with Gasteiger partial charge in [-0.2, -0.15) is 9.78 Å². The van der Waals surface area contributed by atoms with Crippen molar-refractivity contribution in [3.63, 3.8) is 0 Å². The van der Waals surface area contributed by atoms with Crippen LogP contribution in [-0.2, 0) is 4.74 Å². The molecule has 2 aromatic heterocycles. The van der Waals surface area contributed by atoms with Gasteiger partial charge in [0, 0.05) is 25.3 Å². The summed E-state index contributed by atoms with van der Waals surface area (Å²) in [4.78, 5) is 22.2. The molecule has 158 valence electrons. The lowest BCUT2D eigenvalue weighted by Gasteiger charge is -2.05. The lowest BCUT2D eigenvalue weighted by Crippen LogP contribution is -2.26. The normalized spacial score (nSPS) is 11.5. The number of carbonyl (C=O) groups excluding carboxylic acids is 1. The molecule has 0 fully saturated rings. The molecule has 0 atom stereocenters. The summed E-state index contributed by atoms with van der Waals surface area (Å²) in [6.45, 7) is 1.00. The van der Waals surface area contributed by atoms with Gasteiger partial charge in [0.15, 0.2) is 5.65 Å². The number of methoxy groups -OCH3 is 1. The Bertz CT molecular complexity index is 1270. The molecule has 31 heavy (non-hydrogen) atoms. The molecule has 0 unspecified atom stereocenters. The first-order chi connectivity index (χ1) is 15.1. The van der Waals surface area contributed by atoms with Crippen molar-refractivity contribution < 1.29 is 9.53 Å². The predicted molar refractivity (Wildman–Crippen MR) is 123 cm³/mol. The molecule has 4 aromatic rings. The Morgan fingerprint density at radius 1 is 1.19 bits per heavy atom. The monoisotopic (exact) mass is 436 g/mol. The van der Waals surface area contributed by atoms with E-state index in [1.165, 1.54) is 4.68 Å². The van der Waals surface area contributed by atoms with E-state index in [1.54, 1.807) is 25.5 Å². The van der Waals surface area contributed by atoms with Crippen LogP contribution in [0.2, 0.25) is 5.02 Å². The number of nitrogen functional groups attached to an aromatic ring is 1. The number of nitrogens with one attached hydrogen (secondary N) is 1. The van der Waals surface area contributed by atoms with Crippen LogP contribution in [0, 0.1) is 0 Å². The van der Waals surface area contributed by atoms with Crippen LogP contribution in [0.1, 0.15) is 22.3 Å². The van der Waals surface area contributed by atoms with Gasteiger partial charge in [0.05, 0.1) is 17.2 Å². The molecule has 0 radical (unpaired) electrons. The first-order valence-corrected chi connectivity index (χ1v) is 10.1. The second-order valence-corrected chi connectivity index (χ2v) is 7.29. The van der Waals surface area contributed by atoms with Crippen molar-refractivity contribution in [3.8, 4) is 0 Å². The Labute approximate surface area is 183 Å². The van der Waals surface area contributed by atoms with E-state index >= 15 is 0 Å². The van der Waals surface area contributed by atoms with Gasteiger partial charge in [-0.1, -0.05) is 35.9 Å². The van der Waals surface area contributed by atoms with E-state index in [-0.39, 0.29) is 17.3 Å². The number of ether oxygens (including phenoxy) is 1. The van der Waals surface area contributed by atoms with Crippen molar-refractivity contribution in [2.24, 2.45) is 5.10 Å². The summed E-state index contributed by atoms with van der Waals surface area (Å²) >= 11 is 5.95. The zero-order valence-electron chi connectivity index (χ0n) is 16.9. The minimum absolute atomic E-state index is 0.166. The van der Waals surface area contributed by atoms with Crippen LogP contribution in [0.5, 0.6) is 0 Å². The molecule has 2 aromatic carbocycles. The van der Waals surface area contributed by atoms with E-state index in [0.717, 1.165) is 5.56 Å². The number of benzene rings is 2. The fourth-order valence-corrected chi connectivity index (χ4v) is 3.29. The van der Waals surface area contributed by atoms with Gasteiger partial charge in [0.2, 0.25) is 0 Å². The van der Waals surface area contributed by atoms with E-state index in [9.17, 15) is 4.79 Å². The minimum Gasteiger partial charge on any atom is -0.385 e. The quantitative estimate of drug-likeness (QED) is 0.340. The van der Waals surface area contributed by atoms with Crippen LogP contribution in [0.3, 0.4) is 0 Å². The topological polar surface area (TPSA) is 107 Å². The first kappa shape index (κ1) is 20.8. The van der Waals surface area contributed by atoms with Crippen LogP contribution < -0.4 is 11.1 Å². The Kier molecular flexibility index (Phi) is 6.11. The van der Waals surface area contributed by atoms with Crippen molar-refractivity contribution >= 4 is 51.7 Å². The van der Waals surface area contributed by atoms with Gasteiger partial charge in [-0.25, -0.2) is 9.97 Å². The summed E-state index contributed by atoms with van der Waals surface area (Å²) in [5.41, 5.74) is 9.59. The van der Waals surface area contributed by atoms with E-state index in [2.05, 4.69) is 20.4 Å². The second-order valence-electron chi connectivity index (χ2n) is 6.85. The fourth-order valence-electron chi connectivity index (χ4n) is 3.17. The van der Waals surface area contributed by atoms with Crippen LogP contribution >= 0.6 is 11.6 Å². The number of fused-ring (bicyclic) bond motifs is 2. The molecule has 4 rings (SSSR count). The highest BCUT2D eigenvalue weighted by Crippen LogP contribution is 2.27. The van der Waals surface area contributed by atoms with Crippen molar-refractivity contribution in [1.29, 1.82) is 0 Å². The second kappa shape index (κ2) is 9.11. The Balaban J connectivity index is 1.80. The van der Waals surface area contributed by atoms with E-state index in [4.69, 9.17) is 22.1 Å². The number of anilines is 1. The number of amides is 1. The maximum atomic E-state index is 12.9. The summed E-state index contributed by atoms with van der Waals surface area (Å²) in [5, 5.41) is 7.97. The van der Waals surface area contributed by atoms with Gasteiger partial charge in [-0.3, -0.25) is 4.79 Å². The number of halogens is 1. The van der Waals surface area contributed by atoms with Crippen LogP contribution in [0.4, 0.5) is 5.82 Å². The van der Waals surface area contributed by atoms with E-state index < -0.39 is 0 Å². The number of para-hydroxylation sites is 2. The van der Waals surface area contributed by atoms with Crippen molar-refractivity contribution in [2.45, 2.75) is 6.42 Å². The Hall–Kier alpha value is -3.49. The van der Waals surface area contributed by atoms with Crippen LogP contribution in [0.25, 0.3) is 22.2 Å². The lowest BCUT2D eigenvalue weighted by atomic mass is 10.2. The molecule has 0 aliphatic heterocycles. The van der Waals surface area contributed by atoms with Crippen molar-refractivity contribution in [1.82, 2.24) is 20.0 Å². The van der Waals surface area contributed by atoms with Gasteiger partial charge >= 0.3 is 0 Å². The number of carbonyl (C=O) groups is 1. The first-order valence-electron chi connectivity index (χ1n) is 9.72. The largest absolute Gasteiger partial charge is 0.385 e. The maximum Gasteiger partial charge on any atom is 0.257 e. The van der Waals surface area contributed by atoms with Crippen LogP contribution in [0.15, 0.2) is 53.6 Å². The number of rotatable bonds is 7. The molecular formula is C22H21ClN6O2. The molecule has 2 heterocycles. The average molecular weight is 437 g/mol. The van der Waals surface area contributed by atoms with Crippen LogP contribution in [-0.4, -0.2) is 47.0 Å². The average Bonchev–Trinajstić information content (AvgIpc) is 3.05. The van der Waals surface area contributed by atoms with E-state index in [1.807, 2.05) is 36.4 Å². The van der Waals surface area contributed by atoms with Gasteiger partial charge in [0.25, 0.3) is 5.91 Å². The predicted octanol–water partition coefficient (Wildman–Crippen LogP) is 3.47. The third-order valence-corrected chi connectivity index (χ3v) is 4.96. The highest BCUT2D eigenvalue weighted by molar-refractivity contribution is 6.30. The molecule has 0 bridgehead atoms.